The summed E-state index contributed by atoms with van der Waals surface area (Å²) >= 11 is 0. The van der Waals surface area contributed by atoms with Gasteiger partial charge in [0.25, 0.3) is 5.91 Å². The van der Waals surface area contributed by atoms with E-state index in [2.05, 4.69) is 28.6 Å². The number of amides is 1. The molecule has 3 rings (SSSR count). The first-order valence-corrected chi connectivity index (χ1v) is 9.78. The Morgan fingerprint density at radius 1 is 1.24 bits per heavy atom. The van der Waals surface area contributed by atoms with E-state index in [1.54, 1.807) is 12.1 Å². The molecule has 154 valence electrons. The lowest BCUT2D eigenvalue weighted by atomic mass is 10.1. The molecule has 7 nitrogen and oxygen atoms in total. The van der Waals surface area contributed by atoms with Crippen LogP contribution in [0.15, 0.2) is 34.9 Å². The number of nitrogens with zero attached hydrogens (tertiary/aromatic N) is 3. The van der Waals surface area contributed by atoms with Gasteiger partial charge in [0.05, 0.1) is 22.5 Å². The van der Waals surface area contributed by atoms with Crippen LogP contribution in [0.5, 0.6) is 5.75 Å². The normalized spacial score (nSPS) is 12.0. The number of nitrogens with one attached hydrogen (secondary N) is 1. The second kappa shape index (κ2) is 8.94. The van der Waals surface area contributed by atoms with Crippen LogP contribution in [-0.4, -0.2) is 27.4 Å². The lowest BCUT2D eigenvalue weighted by Crippen LogP contribution is -2.30. The smallest absolute Gasteiger partial charge is 0.255 e. The Balaban J connectivity index is 1.60. The van der Waals surface area contributed by atoms with E-state index < -0.39 is 0 Å². The number of ether oxygens (including phenoxy) is 1. The van der Waals surface area contributed by atoms with Crippen molar-refractivity contribution in [2.45, 2.75) is 47.8 Å². The molecule has 0 fully saturated rings. The lowest BCUT2D eigenvalue weighted by molar-refractivity contribution is 0.0942. The summed E-state index contributed by atoms with van der Waals surface area (Å²) in [7, 11) is 0. The van der Waals surface area contributed by atoms with E-state index in [1.165, 1.54) is 0 Å². The van der Waals surface area contributed by atoms with Crippen molar-refractivity contribution in [2.75, 3.05) is 6.54 Å². The van der Waals surface area contributed by atoms with Crippen LogP contribution in [-0.2, 0) is 13.2 Å². The lowest BCUT2D eigenvalue weighted by Gasteiger charge is -2.15. The topological polar surface area (TPSA) is 82.2 Å². The molecular formula is C22H28N4O3. The van der Waals surface area contributed by atoms with Crippen LogP contribution in [0, 0.1) is 33.6 Å². The highest BCUT2D eigenvalue weighted by molar-refractivity contribution is 5.96. The van der Waals surface area contributed by atoms with E-state index >= 15 is 0 Å². The van der Waals surface area contributed by atoms with Crippen LogP contribution in [0.25, 0.3) is 0 Å². The molecule has 7 heteroatoms. The predicted molar refractivity (Wildman–Crippen MR) is 110 cm³/mol. The van der Waals surface area contributed by atoms with Crippen LogP contribution < -0.4 is 10.1 Å². The molecule has 1 atom stereocenters. The van der Waals surface area contributed by atoms with E-state index in [-0.39, 0.29) is 11.8 Å². The van der Waals surface area contributed by atoms with Gasteiger partial charge in [-0.1, -0.05) is 24.2 Å². The summed E-state index contributed by atoms with van der Waals surface area (Å²) in [5.41, 5.74) is 4.33. The first-order valence-electron chi connectivity index (χ1n) is 9.78. The Morgan fingerprint density at radius 3 is 2.66 bits per heavy atom. The van der Waals surface area contributed by atoms with Gasteiger partial charge in [-0.2, -0.15) is 5.10 Å². The molecule has 0 aliphatic heterocycles. The summed E-state index contributed by atoms with van der Waals surface area (Å²) in [4.78, 5) is 12.7. The number of hydrogen-bond acceptors (Lipinski definition) is 5. The van der Waals surface area contributed by atoms with Crippen molar-refractivity contribution in [3.05, 3.63) is 64.3 Å². The number of rotatable bonds is 8. The van der Waals surface area contributed by atoms with Crippen LogP contribution in [0.1, 0.15) is 45.7 Å². The number of hydrogen-bond donors (Lipinski definition) is 1. The summed E-state index contributed by atoms with van der Waals surface area (Å²) in [6.45, 7) is 11.4. The van der Waals surface area contributed by atoms with Gasteiger partial charge in [-0.15, -0.1) is 0 Å². The van der Waals surface area contributed by atoms with Gasteiger partial charge in [0.2, 0.25) is 0 Å². The maximum atomic E-state index is 12.7. The number of carbonyl (C=O) groups excluding carboxylic acids is 1. The van der Waals surface area contributed by atoms with Gasteiger partial charge >= 0.3 is 0 Å². The number of para-hydroxylation sites is 1. The quantitative estimate of drug-likeness (QED) is 0.627. The maximum Gasteiger partial charge on any atom is 0.255 e. The number of carbonyl (C=O) groups is 1. The average Bonchev–Trinajstić information content (AvgIpc) is 3.18. The average molecular weight is 396 g/mol. The molecule has 0 bridgehead atoms. The molecule has 1 unspecified atom stereocenters. The zero-order valence-electron chi connectivity index (χ0n) is 17.7. The van der Waals surface area contributed by atoms with Gasteiger partial charge in [0.15, 0.2) is 0 Å². The molecule has 0 saturated carbocycles. The first-order chi connectivity index (χ1) is 13.8. The Kier molecular flexibility index (Phi) is 6.36. The zero-order valence-corrected chi connectivity index (χ0v) is 17.7. The van der Waals surface area contributed by atoms with Gasteiger partial charge in [-0.05, 0) is 51.8 Å². The van der Waals surface area contributed by atoms with Crippen LogP contribution in [0.3, 0.4) is 0 Å². The van der Waals surface area contributed by atoms with Crippen molar-refractivity contribution in [3.63, 3.8) is 0 Å². The summed E-state index contributed by atoms with van der Waals surface area (Å²) in [5.74, 6) is 1.35. The molecule has 3 aromatic rings. The van der Waals surface area contributed by atoms with Crippen molar-refractivity contribution in [1.29, 1.82) is 0 Å². The molecule has 2 aromatic heterocycles. The fourth-order valence-corrected chi connectivity index (χ4v) is 3.22. The summed E-state index contributed by atoms with van der Waals surface area (Å²) in [6, 6.07) is 9.30. The molecule has 2 heterocycles. The second-order valence-corrected chi connectivity index (χ2v) is 7.51. The SMILES string of the molecule is Cc1cc(C)n(CC(C)CNC(=O)c2ccccc2OCc2c(C)noc2C)n1. The molecule has 0 saturated heterocycles. The molecule has 1 amide bonds. The number of benzene rings is 1. The van der Waals surface area contributed by atoms with E-state index in [0.717, 1.165) is 35.0 Å². The van der Waals surface area contributed by atoms with Gasteiger partial charge < -0.3 is 14.6 Å². The van der Waals surface area contributed by atoms with Gasteiger partial charge in [0.1, 0.15) is 18.1 Å². The number of aryl methyl sites for hydroxylation is 4. The highest BCUT2D eigenvalue weighted by Crippen LogP contribution is 2.21. The van der Waals surface area contributed by atoms with Crippen molar-refractivity contribution in [2.24, 2.45) is 5.92 Å². The van der Waals surface area contributed by atoms with E-state index in [4.69, 9.17) is 9.26 Å². The van der Waals surface area contributed by atoms with Crippen molar-refractivity contribution < 1.29 is 14.1 Å². The van der Waals surface area contributed by atoms with Crippen molar-refractivity contribution in [1.82, 2.24) is 20.3 Å². The minimum absolute atomic E-state index is 0.153. The molecular weight excluding hydrogens is 368 g/mol. The third kappa shape index (κ3) is 5.04. The van der Waals surface area contributed by atoms with Crippen molar-refractivity contribution >= 4 is 5.91 Å². The minimum Gasteiger partial charge on any atom is -0.488 e. The molecule has 0 spiro atoms. The van der Waals surface area contributed by atoms with E-state index in [0.29, 0.717) is 24.5 Å². The van der Waals surface area contributed by atoms with Crippen LogP contribution >= 0.6 is 0 Å². The minimum atomic E-state index is -0.153. The van der Waals surface area contributed by atoms with Crippen LogP contribution in [0.2, 0.25) is 0 Å². The highest BCUT2D eigenvalue weighted by atomic mass is 16.5. The van der Waals surface area contributed by atoms with Gasteiger partial charge in [0, 0.05) is 18.8 Å². The van der Waals surface area contributed by atoms with Gasteiger partial charge in [-0.25, -0.2) is 0 Å². The monoisotopic (exact) mass is 396 g/mol. The van der Waals surface area contributed by atoms with Gasteiger partial charge in [-0.3, -0.25) is 9.48 Å². The molecule has 0 aliphatic rings. The summed E-state index contributed by atoms with van der Waals surface area (Å²) < 4.78 is 13.1. The highest BCUT2D eigenvalue weighted by Gasteiger charge is 2.16. The third-order valence-electron chi connectivity index (χ3n) is 4.88. The zero-order chi connectivity index (χ0) is 21.0. The molecule has 29 heavy (non-hydrogen) atoms. The fraction of sp³-hybridized carbons (Fsp3) is 0.409. The first kappa shape index (κ1) is 20.6. The Labute approximate surface area is 171 Å². The molecule has 0 radical (unpaired) electrons. The largest absolute Gasteiger partial charge is 0.488 e. The molecule has 0 aliphatic carbocycles. The standard InChI is InChI=1S/C22H28N4O3/c1-14(12-26-16(3)10-15(2)24-26)11-23-22(27)19-8-6-7-9-21(19)28-13-20-17(4)25-29-18(20)5/h6-10,14H,11-13H2,1-5H3,(H,23,27). The maximum absolute atomic E-state index is 12.7. The number of aromatic nitrogens is 3. The van der Waals surface area contributed by atoms with Crippen LogP contribution in [0.4, 0.5) is 0 Å². The Bertz CT molecular complexity index is 970. The summed E-state index contributed by atoms with van der Waals surface area (Å²) in [6.07, 6.45) is 0. The van der Waals surface area contributed by atoms with E-state index in [9.17, 15) is 4.79 Å². The second-order valence-electron chi connectivity index (χ2n) is 7.51. The van der Waals surface area contributed by atoms with E-state index in [1.807, 2.05) is 44.5 Å². The fourth-order valence-electron chi connectivity index (χ4n) is 3.22. The summed E-state index contributed by atoms with van der Waals surface area (Å²) in [5, 5.41) is 11.4. The molecule has 1 aromatic carbocycles. The Morgan fingerprint density at radius 2 is 2.00 bits per heavy atom. The van der Waals surface area contributed by atoms with Crippen molar-refractivity contribution in [3.8, 4) is 5.75 Å². The molecule has 1 N–H and O–H groups in total. The third-order valence-corrected chi connectivity index (χ3v) is 4.88. The predicted octanol–water partition coefficient (Wildman–Crippen LogP) is 3.75. The Hall–Kier alpha value is -3.09.